The molecule has 10 nitrogen and oxygen atoms in total. The summed E-state index contributed by atoms with van der Waals surface area (Å²) in [6.07, 6.45) is 1.02. The Kier molecular flexibility index (Phi) is 6.04. The van der Waals surface area contributed by atoms with E-state index >= 15 is 0 Å². The van der Waals surface area contributed by atoms with Gasteiger partial charge in [0.2, 0.25) is 0 Å². The molecule has 12 heteroatoms. The number of H-pyrrole nitrogens is 1. The van der Waals surface area contributed by atoms with Crippen LogP contribution in [0.25, 0.3) is 10.9 Å². The summed E-state index contributed by atoms with van der Waals surface area (Å²) in [6, 6.07) is 4.81. The lowest BCUT2D eigenvalue weighted by Crippen LogP contribution is -2.48. The molecule has 1 aromatic heterocycles. The third kappa shape index (κ3) is 4.98. The quantitative estimate of drug-likeness (QED) is 0.176. The van der Waals surface area contributed by atoms with Crippen molar-refractivity contribution in [2.45, 2.75) is 12.3 Å². The molecule has 0 saturated carbocycles. The van der Waals surface area contributed by atoms with E-state index < -0.39 is 25.1 Å². The predicted molar refractivity (Wildman–Crippen MR) is 82.5 cm³/mol. The number of phenolic OH excluding ortho intramolecular Hbond substituents is 1. The van der Waals surface area contributed by atoms with E-state index in [1.165, 1.54) is 26.4 Å². The second-order valence-corrected chi connectivity index (χ2v) is 6.10. The maximum Gasteiger partial charge on any atom is 0.466 e. The molecule has 0 bridgehead atoms. The molecular formula is C12H17FN3O7P. The molecule has 0 radical (unpaired) electrons. The van der Waals surface area contributed by atoms with Crippen molar-refractivity contribution >= 4 is 18.7 Å². The van der Waals surface area contributed by atoms with Crippen LogP contribution in [0.4, 0.5) is 4.39 Å². The minimum atomic E-state index is -4.64. The monoisotopic (exact) mass is 365 g/mol. The third-order valence-corrected chi connectivity index (χ3v) is 3.15. The summed E-state index contributed by atoms with van der Waals surface area (Å²) in [7, 11) is -2.03. The van der Waals surface area contributed by atoms with Gasteiger partial charge in [0.15, 0.2) is 0 Å². The smallest absolute Gasteiger partial charge is 0.466 e. The summed E-state index contributed by atoms with van der Waals surface area (Å²) in [6.45, 7) is 0. The highest BCUT2D eigenvalue weighted by molar-refractivity contribution is 7.45. The average molecular weight is 365 g/mol. The molecule has 5 N–H and O–H groups in total. The Hall–Kier alpha value is -2.04. The van der Waals surface area contributed by atoms with Gasteiger partial charge < -0.3 is 24.8 Å². The van der Waals surface area contributed by atoms with Crippen LogP contribution in [0.3, 0.4) is 0 Å². The van der Waals surface area contributed by atoms with Crippen molar-refractivity contribution < 1.29 is 33.7 Å². The zero-order valence-corrected chi connectivity index (χ0v) is 13.6. The fourth-order valence-corrected chi connectivity index (χ4v) is 2.00. The standard InChI is InChI=1S/C12H14FN3O3.H3O4P/c1-15(2)12(13,16(18)19)6-8-7-14-9-4-3-5-10(17)11(8)9;1-5(2,3)4/h3-5,7,14,17H,6H2,1-2H3;(H3,1,2,3,4). The average Bonchev–Trinajstić information content (AvgIpc) is 2.80. The molecule has 24 heavy (non-hydrogen) atoms. The van der Waals surface area contributed by atoms with E-state index in [-0.39, 0.29) is 5.75 Å². The predicted octanol–water partition coefficient (Wildman–Crippen LogP) is 0.949. The summed E-state index contributed by atoms with van der Waals surface area (Å²) in [5.74, 6) is -2.74. The Morgan fingerprint density at radius 3 is 2.38 bits per heavy atom. The number of phenols is 1. The number of likely N-dealkylation sites (N-methyl/N-ethyl adjacent to an activating group) is 1. The van der Waals surface area contributed by atoms with Gasteiger partial charge in [-0.1, -0.05) is 6.07 Å². The van der Waals surface area contributed by atoms with Crippen LogP contribution >= 0.6 is 7.82 Å². The van der Waals surface area contributed by atoms with E-state index in [0.717, 1.165) is 4.90 Å². The first kappa shape index (κ1) is 20.0. The van der Waals surface area contributed by atoms with Crippen LogP contribution < -0.4 is 0 Å². The van der Waals surface area contributed by atoms with Gasteiger partial charge in [0.05, 0.1) is 11.3 Å². The van der Waals surface area contributed by atoms with Gasteiger partial charge in [0.1, 0.15) is 5.75 Å². The van der Waals surface area contributed by atoms with Crippen molar-refractivity contribution in [3.05, 3.63) is 40.1 Å². The van der Waals surface area contributed by atoms with Gasteiger partial charge in [-0.3, -0.25) is 10.1 Å². The molecule has 0 aliphatic heterocycles. The van der Waals surface area contributed by atoms with Crippen LogP contribution in [0.1, 0.15) is 5.56 Å². The maximum absolute atomic E-state index is 14.4. The first-order valence-electron chi connectivity index (χ1n) is 6.43. The van der Waals surface area contributed by atoms with Gasteiger partial charge in [-0.25, -0.2) is 9.46 Å². The molecule has 0 aliphatic rings. The number of nitrogens with one attached hydrogen (secondary N) is 1. The molecule has 0 aliphatic carbocycles. The number of benzene rings is 1. The molecule has 0 fully saturated rings. The SMILES string of the molecule is CN(C)C(F)(Cc1c[nH]c2cccc(O)c12)[N+](=O)[O-].O=P(O)(O)O. The lowest BCUT2D eigenvalue weighted by atomic mass is 10.1. The van der Waals surface area contributed by atoms with Gasteiger partial charge in [-0.2, -0.15) is 0 Å². The first-order valence-corrected chi connectivity index (χ1v) is 8.00. The van der Waals surface area contributed by atoms with Crippen molar-refractivity contribution in [3.63, 3.8) is 0 Å². The number of rotatable bonds is 4. The molecule has 2 aromatic rings. The third-order valence-electron chi connectivity index (χ3n) is 3.15. The summed E-state index contributed by atoms with van der Waals surface area (Å²) >= 11 is 0. The van der Waals surface area contributed by atoms with E-state index in [9.17, 15) is 19.6 Å². The van der Waals surface area contributed by atoms with Gasteiger partial charge >= 0.3 is 13.7 Å². The van der Waals surface area contributed by atoms with Crippen LogP contribution in [0.15, 0.2) is 24.4 Å². The molecule has 0 saturated heterocycles. The summed E-state index contributed by atoms with van der Waals surface area (Å²) in [5, 5.41) is 21.1. The molecule has 2 rings (SSSR count). The first-order chi connectivity index (χ1) is 10.9. The lowest BCUT2D eigenvalue weighted by Gasteiger charge is -2.22. The number of halogens is 1. The second-order valence-electron chi connectivity index (χ2n) is 5.07. The van der Waals surface area contributed by atoms with Crippen molar-refractivity contribution in [1.29, 1.82) is 0 Å². The zero-order chi connectivity index (χ0) is 18.7. The number of hydrogen-bond acceptors (Lipinski definition) is 5. The minimum absolute atomic E-state index is 0.0294. The number of phosphoric acid groups is 1. The topological polar surface area (TPSA) is 160 Å². The van der Waals surface area contributed by atoms with E-state index in [1.807, 2.05) is 0 Å². The number of fused-ring (bicyclic) bond motifs is 1. The molecule has 1 atom stereocenters. The Morgan fingerprint density at radius 1 is 1.38 bits per heavy atom. The molecule has 0 spiro atoms. The number of nitro groups is 1. The van der Waals surface area contributed by atoms with Crippen LogP contribution in [0.2, 0.25) is 0 Å². The molecule has 1 aromatic carbocycles. The van der Waals surface area contributed by atoms with Crippen molar-refractivity contribution in [2.24, 2.45) is 0 Å². The zero-order valence-electron chi connectivity index (χ0n) is 12.7. The largest absolute Gasteiger partial charge is 0.507 e. The molecular weight excluding hydrogens is 348 g/mol. The number of alkyl halides is 1. The van der Waals surface area contributed by atoms with Crippen LogP contribution in [0.5, 0.6) is 5.75 Å². The molecule has 134 valence electrons. The van der Waals surface area contributed by atoms with Crippen molar-refractivity contribution in [3.8, 4) is 5.75 Å². The highest BCUT2D eigenvalue weighted by Crippen LogP contribution is 2.31. The highest BCUT2D eigenvalue weighted by Gasteiger charge is 2.46. The lowest BCUT2D eigenvalue weighted by molar-refractivity contribution is -0.636. The van der Waals surface area contributed by atoms with Gasteiger partial charge in [-0.15, -0.1) is 4.39 Å². The van der Waals surface area contributed by atoms with E-state index in [4.69, 9.17) is 19.2 Å². The number of aromatic amines is 1. The summed E-state index contributed by atoms with van der Waals surface area (Å²) in [4.78, 5) is 35.3. The highest BCUT2D eigenvalue weighted by atomic mass is 31.2. The number of nitrogens with zero attached hydrogens (tertiary/aromatic N) is 2. The van der Waals surface area contributed by atoms with Gasteiger partial charge in [-0.05, 0) is 31.8 Å². The van der Waals surface area contributed by atoms with E-state index in [1.54, 1.807) is 12.1 Å². The van der Waals surface area contributed by atoms with Crippen LogP contribution in [-0.4, -0.2) is 54.6 Å². The van der Waals surface area contributed by atoms with Gasteiger partial charge in [0.25, 0.3) is 0 Å². The molecule has 1 unspecified atom stereocenters. The second kappa shape index (κ2) is 7.24. The van der Waals surface area contributed by atoms with E-state index in [0.29, 0.717) is 16.5 Å². The number of aromatic hydroxyl groups is 1. The minimum Gasteiger partial charge on any atom is -0.507 e. The van der Waals surface area contributed by atoms with Gasteiger partial charge in [0, 0.05) is 17.1 Å². The van der Waals surface area contributed by atoms with Crippen molar-refractivity contribution in [1.82, 2.24) is 9.88 Å². The Balaban J connectivity index is 0.000000505. The fourth-order valence-electron chi connectivity index (χ4n) is 2.00. The maximum atomic E-state index is 14.4. The fraction of sp³-hybridized carbons (Fsp3) is 0.333. The number of hydrogen-bond donors (Lipinski definition) is 5. The normalized spacial score (nSPS) is 14.1. The Morgan fingerprint density at radius 2 is 1.92 bits per heavy atom. The summed E-state index contributed by atoms with van der Waals surface area (Å²) < 4.78 is 23.3. The van der Waals surface area contributed by atoms with Crippen LogP contribution in [0, 0.1) is 10.1 Å². The van der Waals surface area contributed by atoms with Crippen molar-refractivity contribution in [2.75, 3.05) is 14.1 Å². The molecule has 0 amide bonds. The van der Waals surface area contributed by atoms with Crippen LogP contribution in [-0.2, 0) is 11.0 Å². The Labute approximate surface area is 135 Å². The summed E-state index contributed by atoms with van der Waals surface area (Å²) in [5.41, 5.74) is 0.973. The van der Waals surface area contributed by atoms with E-state index in [2.05, 4.69) is 4.98 Å². The Bertz CT molecular complexity index is 767. The number of aromatic nitrogens is 1. The molecule has 1 heterocycles.